The summed E-state index contributed by atoms with van der Waals surface area (Å²) in [5.74, 6) is 3.32. The van der Waals surface area contributed by atoms with Crippen molar-refractivity contribution in [3.05, 3.63) is 29.8 Å². The van der Waals surface area contributed by atoms with E-state index in [9.17, 15) is 4.79 Å². The Labute approximate surface area is 110 Å². The summed E-state index contributed by atoms with van der Waals surface area (Å²) in [5, 5.41) is 0. The van der Waals surface area contributed by atoms with Gasteiger partial charge in [0, 0.05) is 19.2 Å². The van der Waals surface area contributed by atoms with E-state index in [1.165, 1.54) is 0 Å². The number of anilines is 1. The number of para-hydroxylation sites is 1. The summed E-state index contributed by atoms with van der Waals surface area (Å²) in [6.45, 7) is 6.66. The van der Waals surface area contributed by atoms with Crippen LogP contribution in [-0.2, 0) is 4.79 Å². The van der Waals surface area contributed by atoms with E-state index in [-0.39, 0.29) is 11.8 Å². The van der Waals surface area contributed by atoms with Crippen molar-refractivity contribution in [3.8, 4) is 11.5 Å². The lowest BCUT2D eigenvalue weighted by Gasteiger charge is -2.09. The highest BCUT2D eigenvalue weighted by molar-refractivity contribution is 6.83. The topological polar surface area (TPSA) is 20.3 Å². The van der Waals surface area contributed by atoms with Gasteiger partial charge in [-0.3, -0.25) is 4.79 Å². The number of fused-ring (bicyclic) bond motifs is 1. The summed E-state index contributed by atoms with van der Waals surface area (Å²) in [4.78, 5) is 13.9. The van der Waals surface area contributed by atoms with Crippen LogP contribution in [0.2, 0.25) is 19.6 Å². The van der Waals surface area contributed by atoms with Gasteiger partial charge in [-0.25, -0.2) is 0 Å². The molecule has 0 fully saturated rings. The van der Waals surface area contributed by atoms with E-state index < -0.39 is 8.07 Å². The molecule has 1 amide bonds. The molecular formula is C15H19NOSi. The maximum Gasteiger partial charge on any atom is 0.235 e. The summed E-state index contributed by atoms with van der Waals surface area (Å²) in [6, 6.07) is 8.00. The minimum atomic E-state index is -1.35. The van der Waals surface area contributed by atoms with Crippen LogP contribution in [0.4, 0.5) is 5.69 Å². The van der Waals surface area contributed by atoms with Crippen LogP contribution < -0.4 is 4.90 Å². The van der Waals surface area contributed by atoms with Gasteiger partial charge in [0.25, 0.3) is 0 Å². The van der Waals surface area contributed by atoms with E-state index in [4.69, 9.17) is 0 Å². The van der Waals surface area contributed by atoms with Gasteiger partial charge < -0.3 is 4.90 Å². The molecule has 0 saturated heterocycles. The molecule has 1 atom stereocenters. The van der Waals surface area contributed by atoms with Gasteiger partial charge in [-0.05, 0) is 11.6 Å². The van der Waals surface area contributed by atoms with Crippen molar-refractivity contribution in [1.29, 1.82) is 0 Å². The predicted molar refractivity (Wildman–Crippen MR) is 78.3 cm³/mol. The molecule has 1 aliphatic heterocycles. The zero-order chi connectivity index (χ0) is 13.3. The maximum absolute atomic E-state index is 12.2. The van der Waals surface area contributed by atoms with Gasteiger partial charge in [0.05, 0.1) is 5.92 Å². The van der Waals surface area contributed by atoms with Gasteiger partial charge in [-0.1, -0.05) is 37.8 Å². The molecule has 94 valence electrons. The molecule has 1 aliphatic rings. The zero-order valence-corrected chi connectivity index (χ0v) is 12.4. The fraction of sp³-hybridized carbons (Fsp3) is 0.400. The van der Waals surface area contributed by atoms with Gasteiger partial charge in [-0.15, -0.1) is 11.5 Å². The molecular weight excluding hydrogens is 238 g/mol. The molecule has 0 saturated carbocycles. The van der Waals surface area contributed by atoms with Gasteiger partial charge in [-0.2, -0.15) is 0 Å². The van der Waals surface area contributed by atoms with Gasteiger partial charge in [0.15, 0.2) is 0 Å². The Hall–Kier alpha value is -1.53. The van der Waals surface area contributed by atoms with Gasteiger partial charge in [0.2, 0.25) is 5.91 Å². The van der Waals surface area contributed by atoms with Crippen LogP contribution in [0.25, 0.3) is 0 Å². The van der Waals surface area contributed by atoms with E-state index in [2.05, 4.69) is 31.1 Å². The highest BCUT2D eigenvalue weighted by atomic mass is 28.3. The normalized spacial score (nSPS) is 18.3. The van der Waals surface area contributed by atoms with Crippen LogP contribution >= 0.6 is 0 Å². The lowest BCUT2D eigenvalue weighted by molar-refractivity contribution is -0.118. The summed E-state index contributed by atoms with van der Waals surface area (Å²) in [7, 11) is 0.495. The smallest absolute Gasteiger partial charge is 0.235 e. The zero-order valence-electron chi connectivity index (χ0n) is 11.4. The Bertz CT molecular complexity index is 533. The molecule has 18 heavy (non-hydrogen) atoms. The number of benzene rings is 1. The largest absolute Gasteiger partial charge is 0.315 e. The minimum absolute atomic E-state index is 0.0740. The number of carbonyl (C=O) groups is 1. The predicted octanol–water partition coefficient (Wildman–Crippen LogP) is 3.02. The van der Waals surface area contributed by atoms with Crippen LogP contribution in [0.1, 0.15) is 17.9 Å². The van der Waals surface area contributed by atoms with Crippen molar-refractivity contribution in [2.24, 2.45) is 0 Å². The van der Waals surface area contributed by atoms with Crippen LogP contribution in [-0.4, -0.2) is 21.0 Å². The third-order valence-corrected chi connectivity index (χ3v) is 4.00. The van der Waals surface area contributed by atoms with E-state index in [1.807, 2.05) is 31.3 Å². The average Bonchev–Trinajstić information content (AvgIpc) is 2.53. The van der Waals surface area contributed by atoms with E-state index in [1.54, 1.807) is 4.90 Å². The quantitative estimate of drug-likeness (QED) is 0.559. The second-order valence-electron chi connectivity index (χ2n) is 5.76. The number of likely N-dealkylation sites (N-methyl/N-ethyl adjacent to an activating group) is 1. The summed E-state index contributed by atoms with van der Waals surface area (Å²) < 4.78 is 0. The first-order chi connectivity index (χ1) is 8.40. The number of rotatable bonds is 1. The summed E-state index contributed by atoms with van der Waals surface area (Å²) in [5.41, 5.74) is 5.48. The average molecular weight is 257 g/mol. The Morgan fingerprint density at radius 2 is 1.94 bits per heavy atom. The first kappa shape index (κ1) is 12.9. The Morgan fingerprint density at radius 1 is 1.28 bits per heavy atom. The number of amides is 1. The lowest BCUT2D eigenvalue weighted by Crippen LogP contribution is -2.24. The van der Waals surface area contributed by atoms with Crippen LogP contribution in [0, 0.1) is 11.5 Å². The maximum atomic E-state index is 12.2. The molecule has 0 aromatic heterocycles. The molecule has 1 unspecified atom stereocenters. The summed E-state index contributed by atoms with van der Waals surface area (Å²) >= 11 is 0. The molecule has 2 rings (SSSR count). The molecule has 0 N–H and O–H groups in total. The lowest BCUT2D eigenvalue weighted by atomic mass is 9.98. The van der Waals surface area contributed by atoms with Crippen molar-refractivity contribution in [3.63, 3.8) is 0 Å². The van der Waals surface area contributed by atoms with Crippen LogP contribution in [0.3, 0.4) is 0 Å². The fourth-order valence-corrected chi connectivity index (χ4v) is 2.82. The fourth-order valence-electron chi connectivity index (χ4n) is 2.19. The summed E-state index contributed by atoms with van der Waals surface area (Å²) in [6.07, 6.45) is 0.643. The standard InChI is InChI=1S/C15H19NOSi/c1-16-14-10-6-5-8-12(14)13(15(16)17)9-7-11-18(2,3)4/h5-6,8,10,13H,9H2,1-4H3. The van der Waals surface area contributed by atoms with Gasteiger partial charge in [0.1, 0.15) is 8.07 Å². The van der Waals surface area contributed by atoms with E-state index in [0.717, 1.165) is 11.3 Å². The molecule has 0 spiro atoms. The molecule has 1 aromatic carbocycles. The molecule has 1 heterocycles. The van der Waals surface area contributed by atoms with Crippen LogP contribution in [0.15, 0.2) is 24.3 Å². The van der Waals surface area contributed by atoms with Crippen molar-refractivity contribution >= 4 is 19.7 Å². The Balaban J connectivity index is 2.24. The molecule has 2 nitrogen and oxygen atoms in total. The van der Waals surface area contributed by atoms with Crippen molar-refractivity contribution < 1.29 is 4.79 Å². The minimum Gasteiger partial charge on any atom is -0.315 e. The molecule has 3 heteroatoms. The third kappa shape index (κ3) is 2.49. The molecule has 0 radical (unpaired) electrons. The Kier molecular flexibility index (Phi) is 3.31. The molecule has 0 aliphatic carbocycles. The van der Waals surface area contributed by atoms with E-state index >= 15 is 0 Å². The van der Waals surface area contributed by atoms with Crippen molar-refractivity contribution in [2.75, 3.05) is 11.9 Å². The second kappa shape index (κ2) is 4.62. The first-order valence-electron chi connectivity index (χ1n) is 6.27. The Morgan fingerprint density at radius 3 is 2.61 bits per heavy atom. The number of hydrogen-bond donors (Lipinski definition) is 0. The molecule has 0 bridgehead atoms. The third-order valence-electron chi connectivity index (χ3n) is 3.07. The highest BCUT2D eigenvalue weighted by Gasteiger charge is 2.33. The van der Waals surface area contributed by atoms with Crippen molar-refractivity contribution in [2.45, 2.75) is 32.0 Å². The highest BCUT2D eigenvalue weighted by Crippen LogP contribution is 2.37. The van der Waals surface area contributed by atoms with Crippen LogP contribution in [0.5, 0.6) is 0 Å². The van der Waals surface area contributed by atoms with Crippen molar-refractivity contribution in [1.82, 2.24) is 0 Å². The number of carbonyl (C=O) groups excluding carboxylic acids is 1. The number of hydrogen-bond acceptors (Lipinski definition) is 1. The van der Waals surface area contributed by atoms with Gasteiger partial charge >= 0.3 is 0 Å². The number of nitrogens with zero attached hydrogens (tertiary/aromatic N) is 1. The SMILES string of the molecule is CN1C(=O)C(CC#C[Si](C)(C)C)c2ccccc21. The molecule has 1 aromatic rings. The van der Waals surface area contributed by atoms with E-state index in [0.29, 0.717) is 6.42 Å². The first-order valence-corrected chi connectivity index (χ1v) is 9.77. The monoisotopic (exact) mass is 257 g/mol. The second-order valence-corrected chi connectivity index (χ2v) is 10.5.